The average Bonchev–Trinajstić information content (AvgIpc) is 2.26. The van der Waals surface area contributed by atoms with Crippen LogP contribution in [0.25, 0.3) is 0 Å². The fraction of sp³-hybridized carbons (Fsp3) is 0.385. The van der Waals surface area contributed by atoms with Crippen molar-refractivity contribution in [3.63, 3.8) is 0 Å². The molecule has 0 radical (unpaired) electrons. The number of carbonyl (C=O) groups is 2. The molecule has 0 heterocycles. The van der Waals surface area contributed by atoms with Crippen LogP contribution in [0.3, 0.4) is 0 Å². The topological polar surface area (TPSA) is 72.2 Å². The van der Waals surface area contributed by atoms with Crippen molar-refractivity contribution in [2.45, 2.75) is 26.2 Å². The third-order valence-corrected chi connectivity index (χ3v) is 2.79. The lowest BCUT2D eigenvalue weighted by Gasteiger charge is -2.18. The third kappa shape index (κ3) is 4.37. The molecule has 0 saturated heterocycles. The van der Waals surface area contributed by atoms with E-state index in [-0.39, 0.29) is 5.91 Å². The predicted octanol–water partition coefficient (Wildman–Crippen LogP) is 2.66. The molecule has 0 fully saturated rings. The number of halogens is 1. The van der Waals surface area contributed by atoms with Gasteiger partial charge in [-0.15, -0.1) is 0 Å². The summed E-state index contributed by atoms with van der Waals surface area (Å²) in [5.74, 6) is -0.447. The highest BCUT2D eigenvalue weighted by molar-refractivity contribution is 6.30. The molecule has 0 aliphatic heterocycles. The standard InChI is InChI=1S/C13H17ClN2O2/c1-8(2)7-11(12(17)16-13(15)18)9-3-5-10(14)6-4-9/h3-6,8,11H,7H2,1-2H3,(H3,15,16,17,18). The van der Waals surface area contributed by atoms with Crippen LogP contribution in [0.5, 0.6) is 0 Å². The zero-order chi connectivity index (χ0) is 13.7. The number of primary amides is 1. The van der Waals surface area contributed by atoms with E-state index in [1.54, 1.807) is 24.3 Å². The Kier molecular flexibility index (Phi) is 5.16. The summed E-state index contributed by atoms with van der Waals surface area (Å²) in [5, 5.41) is 2.74. The largest absolute Gasteiger partial charge is 0.351 e. The van der Waals surface area contributed by atoms with E-state index in [4.69, 9.17) is 17.3 Å². The van der Waals surface area contributed by atoms with Crippen molar-refractivity contribution in [1.29, 1.82) is 0 Å². The average molecular weight is 269 g/mol. The summed E-state index contributed by atoms with van der Waals surface area (Å²) in [7, 11) is 0. The third-order valence-electron chi connectivity index (χ3n) is 2.54. The summed E-state index contributed by atoms with van der Waals surface area (Å²) in [6.07, 6.45) is 0.640. The maximum atomic E-state index is 11.9. The highest BCUT2D eigenvalue weighted by atomic mass is 35.5. The normalized spacial score (nSPS) is 12.2. The van der Waals surface area contributed by atoms with Gasteiger partial charge < -0.3 is 5.73 Å². The Balaban J connectivity index is 2.93. The number of nitrogens with one attached hydrogen (secondary N) is 1. The van der Waals surface area contributed by atoms with Crippen LogP contribution in [0.15, 0.2) is 24.3 Å². The van der Waals surface area contributed by atoms with Gasteiger partial charge in [-0.3, -0.25) is 10.1 Å². The molecule has 0 spiro atoms. The van der Waals surface area contributed by atoms with Crippen LogP contribution < -0.4 is 11.1 Å². The van der Waals surface area contributed by atoms with Crippen molar-refractivity contribution in [1.82, 2.24) is 5.32 Å². The SMILES string of the molecule is CC(C)CC(C(=O)NC(N)=O)c1ccc(Cl)cc1. The Hall–Kier alpha value is -1.55. The molecule has 1 atom stereocenters. The summed E-state index contributed by atoms with van der Waals surface area (Å²) in [6.45, 7) is 4.03. The van der Waals surface area contributed by atoms with E-state index in [2.05, 4.69) is 5.32 Å². The van der Waals surface area contributed by atoms with Gasteiger partial charge in [0.25, 0.3) is 0 Å². The van der Waals surface area contributed by atoms with E-state index in [1.165, 1.54) is 0 Å². The van der Waals surface area contributed by atoms with Gasteiger partial charge in [0.05, 0.1) is 5.92 Å². The molecule has 1 aromatic carbocycles. The molecule has 4 nitrogen and oxygen atoms in total. The summed E-state index contributed by atoms with van der Waals surface area (Å²) in [6, 6.07) is 6.19. The van der Waals surface area contributed by atoms with E-state index >= 15 is 0 Å². The number of amides is 3. The van der Waals surface area contributed by atoms with Gasteiger partial charge in [-0.05, 0) is 30.0 Å². The Morgan fingerprint density at radius 1 is 1.28 bits per heavy atom. The monoisotopic (exact) mass is 268 g/mol. The van der Waals surface area contributed by atoms with Crippen molar-refractivity contribution < 1.29 is 9.59 Å². The number of nitrogens with two attached hydrogens (primary N) is 1. The van der Waals surface area contributed by atoms with E-state index in [0.29, 0.717) is 17.4 Å². The number of carbonyl (C=O) groups excluding carboxylic acids is 2. The number of hydrogen-bond acceptors (Lipinski definition) is 2. The first-order chi connectivity index (χ1) is 8.40. The van der Waals surface area contributed by atoms with Gasteiger partial charge >= 0.3 is 6.03 Å². The second-order valence-corrected chi connectivity index (χ2v) is 5.02. The molecule has 98 valence electrons. The summed E-state index contributed by atoms with van der Waals surface area (Å²) in [4.78, 5) is 22.7. The van der Waals surface area contributed by atoms with Crippen LogP contribution in [0.4, 0.5) is 4.79 Å². The number of urea groups is 1. The second kappa shape index (κ2) is 6.40. The molecular formula is C13H17ClN2O2. The molecule has 0 bridgehead atoms. The van der Waals surface area contributed by atoms with Gasteiger partial charge in [0.15, 0.2) is 0 Å². The molecule has 0 aromatic heterocycles. The van der Waals surface area contributed by atoms with Gasteiger partial charge in [0.1, 0.15) is 0 Å². The molecule has 1 unspecified atom stereocenters. The molecule has 1 rings (SSSR count). The van der Waals surface area contributed by atoms with Crippen molar-refractivity contribution in [2.24, 2.45) is 11.7 Å². The van der Waals surface area contributed by atoms with Gasteiger partial charge in [-0.1, -0.05) is 37.6 Å². The summed E-state index contributed by atoms with van der Waals surface area (Å²) < 4.78 is 0. The van der Waals surface area contributed by atoms with Crippen LogP contribution in [0, 0.1) is 5.92 Å². The number of hydrogen-bond donors (Lipinski definition) is 2. The smallest absolute Gasteiger partial charge is 0.318 e. The number of imide groups is 1. The van der Waals surface area contributed by atoms with Crippen LogP contribution in [-0.4, -0.2) is 11.9 Å². The first-order valence-electron chi connectivity index (χ1n) is 5.76. The maximum Gasteiger partial charge on any atom is 0.318 e. The minimum Gasteiger partial charge on any atom is -0.351 e. The highest BCUT2D eigenvalue weighted by Gasteiger charge is 2.22. The lowest BCUT2D eigenvalue weighted by atomic mass is 9.89. The lowest BCUT2D eigenvalue weighted by molar-refractivity contribution is -0.121. The van der Waals surface area contributed by atoms with Crippen molar-refractivity contribution in [2.75, 3.05) is 0 Å². The molecule has 5 heteroatoms. The van der Waals surface area contributed by atoms with E-state index in [9.17, 15) is 9.59 Å². The predicted molar refractivity (Wildman–Crippen MR) is 71.4 cm³/mol. The molecule has 3 amide bonds. The van der Waals surface area contributed by atoms with Gasteiger partial charge in [-0.2, -0.15) is 0 Å². The molecule has 18 heavy (non-hydrogen) atoms. The van der Waals surface area contributed by atoms with Crippen LogP contribution in [0.1, 0.15) is 31.7 Å². The second-order valence-electron chi connectivity index (χ2n) is 4.59. The quantitative estimate of drug-likeness (QED) is 0.881. The molecule has 3 N–H and O–H groups in total. The van der Waals surface area contributed by atoms with Gasteiger partial charge in [-0.25, -0.2) is 4.79 Å². The van der Waals surface area contributed by atoms with Gasteiger partial charge in [0, 0.05) is 5.02 Å². The van der Waals surface area contributed by atoms with Crippen molar-refractivity contribution in [3.8, 4) is 0 Å². The van der Waals surface area contributed by atoms with Crippen molar-refractivity contribution >= 4 is 23.5 Å². The Bertz CT molecular complexity index is 429. The van der Waals surface area contributed by atoms with Crippen LogP contribution in [0.2, 0.25) is 5.02 Å². The molecule has 0 aliphatic carbocycles. The number of benzene rings is 1. The maximum absolute atomic E-state index is 11.9. The fourth-order valence-electron chi connectivity index (χ4n) is 1.77. The minimum absolute atomic E-state index is 0.323. The first-order valence-corrected chi connectivity index (χ1v) is 6.13. The lowest BCUT2D eigenvalue weighted by Crippen LogP contribution is -2.38. The molecule has 0 saturated carbocycles. The summed E-state index contributed by atoms with van der Waals surface area (Å²) >= 11 is 5.81. The molecule has 0 aliphatic rings. The number of rotatable bonds is 4. The Morgan fingerprint density at radius 3 is 2.28 bits per heavy atom. The zero-order valence-electron chi connectivity index (χ0n) is 10.4. The molecular weight excluding hydrogens is 252 g/mol. The summed E-state index contributed by atoms with van der Waals surface area (Å²) in [5.41, 5.74) is 5.80. The fourth-order valence-corrected chi connectivity index (χ4v) is 1.90. The van der Waals surface area contributed by atoms with E-state index in [0.717, 1.165) is 5.56 Å². The minimum atomic E-state index is -0.831. The van der Waals surface area contributed by atoms with Crippen LogP contribution >= 0.6 is 11.6 Å². The van der Waals surface area contributed by atoms with E-state index in [1.807, 2.05) is 13.8 Å². The zero-order valence-corrected chi connectivity index (χ0v) is 11.2. The first kappa shape index (κ1) is 14.5. The molecule has 1 aromatic rings. The highest BCUT2D eigenvalue weighted by Crippen LogP contribution is 2.25. The Morgan fingerprint density at radius 2 is 1.83 bits per heavy atom. The van der Waals surface area contributed by atoms with Crippen LogP contribution in [-0.2, 0) is 4.79 Å². The van der Waals surface area contributed by atoms with Gasteiger partial charge in [0.2, 0.25) is 5.91 Å². The van der Waals surface area contributed by atoms with E-state index < -0.39 is 11.9 Å². The Labute approximate surface area is 112 Å². The van der Waals surface area contributed by atoms with Crippen molar-refractivity contribution in [3.05, 3.63) is 34.9 Å².